The molecule has 0 unspecified atom stereocenters. The van der Waals surface area contributed by atoms with Crippen LogP contribution >= 0.6 is 35.3 Å². The molecule has 2 heterocycles. The van der Waals surface area contributed by atoms with Crippen LogP contribution in [0.3, 0.4) is 0 Å². The second kappa shape index (κ2) is 8.22. The maximum atomic E-state index is 4.43. The fourth-order valence-electron chi connectivity index (χ4n) is 2.72. The van der Waals surface area contributed by atoms with Crippen LogP contribution in [0.4, 0.5) is 5.00 Å². The number of piperazine rings is 1. The number of hydrogen-bond donors (Lipinski definition) is 1. The van der Waals surface area contributed by atoms with Gasteiger partial charge in [-0.25, -0.2) is 0 Å². The van der Waals surface area contributed by atoms with E-state index in [0.717, 1.165) is 44.6 Å². The Hall–Kier alpha value is -0.500. The maximum absolute atomic E-state index is 4.43. The summed E-state index contributed by atoms with van der Waals surface area (Å²) < 4.78 is 0. The number of nitrogens with zero attached hydrogens (tertiary/aromatic N) is 3. The van der Waals surface area contributed by atoms with E-state index in [4.69, 9.17) is 0 Å². The van der Waals surface area contributed by atoms with Crippen LogP contribution in [0.2, 0.25) is 0 Å². The molecule has 0 spiro atoms. The number of aliphatic imine (C=N–C) groups is 1. The van der Waals surface area contributed by atoms with Crippen molar-refractivity contribution in [3.05, 3.63) is 17.5 Å². The number of hydrogen-bond acceptors (Lipinski definition) is 3. The highest BCUT2D eigenvalue weighted by Crippen LogP contribution is 2.31. The molecule has 0 radical (unpaired) electrons. The average molecular weight is 420 g/mol. The van der Waals surface area contributed by atoms with E-state index in [9.17, 15) is 0 Å². The Morgan fingerprint density at radius 1 is 1.33 bits per heavy atom. The van der Waals surface area contributed by atoms with Gasteiger partial charge in [-0.15, -0.1) is 35.3 Å². The minimum atomic E-state index is 0. The van der Waals surface area contributed by atoms with Crippen molar-refractivity contribution in [3.63, 3.8) is 0 Å². The highest BCUT2D eigenvalue weighted by molar-refractivity contribution is 14.0. The largest absolute Gasteiger partial charge is 0.360 e. The van der Waals surface area contributed by atoms with Crippen LogP contribution in [0, 0.1) is 5.92 Å². The van der Waals surface area contributed by atoms with Gasteiger partial charge in [-0.1, -0.05) is 12.8 Å². The van der Waals surface area contributed by atoms with Gasteiger partial charge in [0.1, 0.15) is 0 Å². The van der Waals surface area contributed by atoms with E-state index < -0.39 is 0 Å². The molecule has 1 aromatic rings. The number of halogens is 1. The van der Waals surface area contributed by atoms with Crippen molar-refractivity contribution in [2.75, 3.05) is 44.7 Å². The summed E-state index contributed by atoms with van der Waals surface area (Å²) in [6.45, 7) is 5.36. The second-order valence-corrected chi connectivity index (χ2v) is 6.56. The summed E-state index contributed by atoms with van der Waals surface area (Å²) in [7, 11) is 1.89. The fourth-order valence-corrected chi connectivity index (χ4v) is 3.50. The second-order valence-electron chi connectivity index (χ2n) is 5.63. The predicted molar refractivity (Wildman–Crippen MR) is 102 cm³/mol. The van der Waals surface area contributed by atoms with Gasteiger partial charge in [0.25, 0.3) is 0 Å². The van der Waals surface area contributed by atoms with Crippen LogP contribution in [-0.2, 0) is 0 Å². The standard InChI is InChI=1S/C15H24N4S.HI/c1-16-15(17-7-6-13-4-5-13)19-10-8-18(9-11-19)14-3-2-12-20-14;/h2-3,12-13H,4-11H2,1H3,(H,16,17);1H. The molecule has 6 heteroatoms. The number of thiophene rings is 1. The summed E-state index contributed by atoms with van der Waals surface area (Å²) in [4.78, 5) is 9.29. The number of nitrogens with one attached hydrogen (secondary N) is 1. The van der Waals surface area contributed by atoms with Crippen LogP contribution in [0.1, 0.15) is 19.3 Å². The van der Waals surface area contributed by atoms with Crippen molar-refractivity contribution in [3.8, 4) is 0 Å². The van der Waals surface area contributed by atoms with Crippen molar-refractivity contribution < 1.29 is 0 Å². The molecular weight excluding hydrogens is 395 g/mol. The van der Waals surface area contributed by atoms with Gasteiger partial charge >= 0.3 is 0 Å². The van der Waals surface area contributed by atoms with E-state index in [2.05, 4.69) is 37.6 Å². The van der Waals surface area contributed by atoms with E-state index in [1.807, 2.05) is 18.4 Å². The molecule has 1 aromatic heterocycles. The lowest BCUT2D eigenvalue weighted by Gasteiger charge is -2.37. The zero-order chi connectivity index (χ0) is 13.8. The lowest BCUT2D eigenvalue weighted by Crippen LogP contribution is -2.52. The molecule has 4 nitrogen and oxygen atoms in total. The summed E-state index contributed by atoms with van der Waals surface area (Å²) in [5.74, 6) is 2.06. The molecule has 1 N–H and O–H groups in total. The Morgan fingerprint density at radius 3 is 2.67 bits per heavy atom. The summed E-state index contributed by atoms with van der Waals surface area (Å²) in [6.07, 6.45) is 4.16. The minimum Gasteiger partial charge on any atom is -0.360 e. The molecule has 1 aliphatic heterocycles. The average Bonchev–Trinajstić information content (AvgIpc) is 3.15. The minimum absolute atomic E-state index is 0. The molecule has 3 rings (SSSR count). The normalized spacial score (nSPS) is 19.4. The molecule has 0 amide bonds. The van der Waals surface area contributed by atoms with E-state index in [1.165, 1.54) is 24.3 Å². The topological polar surface area (TPSA) is 30.9 Å². The molecule has 2 fully saturated rings. The van der Waals surface area contributed by atoms with Crippen LogP contribution in [-0.4, -0.2) is 50.6 Å². The first-order chi connectivity index (χ1) is 9.86. The Bertz CT molecular complexity index is 437. The van der Waals surface area contributed by atoms with E-state index in [1.54, 1.807) is 0 Å². The van der Waals surface area contributed by atoms with Gasteiger partial charge in [0.2, 0.25) is 0 Å². The summed E-state index contributed by atoms with van der Waals surface area (Å²) in [5, 5.41) is 7.06. The van der Waals surface area contributed by atoms with Crippen LogP contribution in [0.5, 0.6) is 0 Å². The third kappa shape index (κ3) is 4.74. The van der Waals surface area contributed by atoms with Gasteiger partial charge in [0.15, 0.2) is 5.96 Å². The number of anilines is 1. The SMILES string of the molecule is CN=C(NCCC1CC1)N1CCN(c2cccs2)CC1.I. The van der Waals surface area contributed by atoms with Gasteiger partial charge in [-0.3, -0.25) is 4.99 Å². The monoisotopic (exact) mass is 420 g/mol. The highest BCUT2D eigenvalue weighted by atomic mass is 127. The van der Waals surface area contributed by atoms with Crippen LogP contribution in [0.15, 0.2) is 22.5 Å². The number of rotatable bonds is 4. The van der Waals surface area contributed by atoms with Crippen LogP contribution < -0.4 is 10.2 Å². The lowest BCUT2D eigenvalue weighted by atomic mass is 10.3. The Morgan fingerprint density at radius 2 is 2.10 bits per heavy atom. The van der Waals surface area contributed by atoms with Crippen molar-refractivity contribution in [1.29, 1.82) is 0 Å². The van der Waals surface area contributed by atoms with Crippen molar-refractivity contribution in [2.24, 2.45) is 10.9 Å². The first kappa shape index (κ1) is 16.9. The third-order valence-corrected chi connectivity index (χ3v) is 5.07. The van der Waals surface area contributed by atoms with Crippen molar-refractivity contribution in [2.45, 2.75) is 19.3 Å². The summed E-state index contributed by atoms with van der Waals surface area (Å²) >= 11 is 1.83. The first-order valence-corrected chi connectivity index (χ1v) is 8.49. The van der Waals surface area contributed by atoms with Gasteiger partial charge in [-0.05, 0) is 29.9 Å². The Kier molecular flexibility index (Phi) is 6.60. The Labute approximate surface area is 148 Å². The lowest BCUT2D eigenvalue weighted by molar-refractivity contribution is 0.373. The summed E-state index contributed by atoms with van der Waals surface area (Å²) in [6, 6.07) is 4.34. The van der Waals surface area contributed by atoms with Gasteiger partial charge in [0, 0.05) is 39.8 Å². The maximum Gasteiger partial charge on any atom is 0.193 e. The van der Waals surface area contributed by atoms with Gasteiger partial charge < -0.3 is 15.1 Å². The first-order valence-electron chi connectivity index (χ1n) is 7.61. The van der Waals surface area contributed by atoms with Crippen LogP contribution in [0.25, 0.3) is 0 Å². The van der Waals surface area contributed by atoms with E-state index in [-0.39, 0.29) is 24.0 Å². The third-order valence-electron chi connectivity index (χ3n) is 4.14. The molecule has 1 saturated heterocycles. The molecule has 0 bridgehead atoms. The molecule has 118 valence electrons. The molecule has 0 atom stereocenters. The van der Waals surface area contributed by atoms with Gasteiger partial charge in [0.05, 0.1) is 5.00 Å². The molecule has 21 heavy (non-hydrogen) atoms. The fraction of sp³-hybridized carbons (Fsp3) is 0.667. The zero-order valence-corrected chi connectivity index (χ0v) is 15.8. The smallest absolute Gasteiger partial charge is 0.193 e. The van der Waals surface area contributed by atoms with E-state index >= 15 is 0 Å². The molecule has 1 aliphatic carbocycles. The molecule has 1 saturated carbocycles. The van der Waals surface area contributed by atoms with Crippen molar-refractivity contribution >= 4 is 46.3 Å². The number of guanidine groups is 1. The quantitative estimate of drug-likeness (QED) is 0.462. The Balaban J connectivity index is 0.00000161. The molecule has 2 aliphatic rings. The zero-order valence-electron chi connectivity index (χ0n) is 12.6. The highest BCUT2D eigenvalue weighted by Gasteiger charge is 2.22. The van der Waals surface area contributed by atoms with Crippen molar-refractivity contribution in [1.82, 2.24) is 10.2 Å². The van der Waals surface area contributed by atoms with Gasteiger partial charge in [-0.2, -0.15) is 0 Å². The van der Waals surface area contributed by atoms with E-state index in [0.29, 0.717) is 0 Å². The summed E-state index contributed by atoms with van der Waals surface area (Å²) in [5.41, 5.74) is 0. The molecular formula is C15H25IN4S. The predicted octanol–water partition coefficient (Wildman–Crippen LogP) is 2.86. The molecule has 0 aromatic carbocycles.